The van der Waals surface area contributed by atoms with Gasteiger partial charge in [-0.3, -0.25) is 0 Å². The van der Waals surface area contributed by atoms with E-state index in [-0.39, 0.29) is 0 Å². The van der Waals surface area contributed by atoms with Crippen molar-refractivity contribution in [3.8, 4) is 0 Å². The molecule has 0 aromatic carbocycles. The molecule has 4 heteroatoms. The van der Waals surface area contributed by atoms with Crippen molar-refractivity contribution < 1.29 is 0 Å². The zero-order chi connectivity index (χ0) is 10.8. The van der Waals surface area contributed by atoms with Crippen molar-refractivity contribution in [2.24, 2.45) is 5.41 Å². The second-order valence-corrected chi connectivity index (χ2v) is 5.73. The van der Waals surface area contributed by atoms with Crippen LogP contribution in [0.5, 0.6) is 0 Å². The molecule has 0 fully saturated rings. The summed E-state index contributed by atoms with van der Waals surface area (Å²) in [7, 11) is 0. The van der Waals surface area contributed by atoms with Gasteiger partial charge in [0.05, 0.1) is 0 Å². The summed E-state index contributed by atoms with van der Waals surface area (Å²) in [5.41, 5.74) is 5.89. The van der Waals surface area contributed by atoms with E-state index in [0.29, 0.717) is 17.3 Å². The van der Waals surface area contributed by atoms with Crippen LogP contribution in [0.2, 0.25) is 0 Å². The summed E-state index contributed by atoms with van der Waals surface area (Å²) in [6.07, 6.45) is 1.13. The lowest BCUT2D eigenvalue weighted by atomic mass is 9.89. The summed E-state index contributed by atoms with van der Waals surface area (Å²) in [5, 5.41) is 4.45. The largest absolute Gasteiger partial charge is 0.383 e. The third-order valence-corrected chi connectivity index (χ3v) is 2.57. The Morgan fingerprint density at radius 2 is 2.21 bits per heavy atom. The van der Waals surface area contributed by atoms with E-state index in [2.05, 4.69) is 37.4 Å². The molecule has 0 radical (unpaired) electrons. The molecule has 0 aliphatic rings. The van der Waals surface area contributed by atoms with Gasteiger partial charge in [-0.1, -0.05) is 20.8 Å². The molecule has 0 spiro atoms. The van der Waals surface area contributed by atoms with Crippen LogP contribution in [-0.2, 0) is 0 Å². The Kier molecular flexibility index (Phi) is 3.37. The highest BCUT2D eigenvalue weighted by atomic mass is 32.1. The lowest BCUT2D eigenvalue weighted by Gasteiger charge is -2.23. The molecule has 1 unspecified atom stereocenters. The van der Waals surface area contributed by atoms with Gasteiger partial charge in [0.2, 0.25) is 0 Å². The first kappa shape index (κ1) is 11.3. The molecule has 1 aromatic rings. The monoisotopic (exact) mass is 213 g/mol. The van der Waals surface area contributed by atoms with E-state index < -0.39 is 0 Å². The van der Waals surface area contributed by atoms with Crippen LogP contribution in [-0.4, -0.2) is 10.4 Å². The molecule has 0 saturated carbocycles. The Labute approximate surface area is 89.9 Å². The van der Waals surface area contributed by atoms with Crippen LogP contribution in [0.25, 0.3) is 0 Å². The molecule has 3 nitrogen and oxygen atoms in total. The third kappa shape index (κ3) is 3.96. The number of aromatic nitrogens is 1. The van der Waals surface area contributed by atoms with Gasteiger partial charge in [0.15, 0.2) is 0 Å². The first-order valence-electron chi connectivity index (χ1n) is 4.85. The number of hydrogen-bond donors (Lipinski definition) is 2. The Morgan fingerprint density at radius 3 is 2.64 bits per heavy atom. The molecule has 0 aliphatic heterocycles. The molecule has 1 rings (SSSR count). The molecule has 0 saturated heterocycles. The number of rotatable bonds is 3. The number of anilines is 2. The highest BCUT2D eigenvalue weighted by Crippen LogP contribution is 2.24. The average molecular weight is 213 g/mol. The first-order valence-corrected chi connectivity index (χ1v) is 5.63. The molecular formula is C10H19N3S. The van der Waals surface area contributed by atoms with Gasteiger partial charge in [0.1, 0.15) is 10.8 Å². The van der Waals surface area contributed by atoms with Gasteiger partial charge >= 0.3 is 0 Å². The number of nitrogens with one attached hydrogen (secondary N) is 1. The van der Waals surface area contributed by atoms with Gasteiger partial charge in [-0.2, -0.15) is 4.37 Å². The van der Waals surface area contributed by atoms with Gasteiger partial charge in [-0.05, 0) is 30.3 Å². The molecule has 1 atom stereocenters. The van der Waals surface area contributed by atoms with Gasteiger partial charge in [-0.15, -0.1) is 0 Å². The van der Waals surface area contributed by atoms with Crippen molar-refractivity contribution in [2.45, 2.75) is 40.2 Å². The Hall–Kier alpha value is -0.770. The SMILES string of the molecule is CC(CC(C)(C)C)Nc1cc(N)ns1. The Balaban J connectivity index is 2.45. The zero-order valence-corrected chi connectivity index (χ0v) is 10.1. The average Bonchev–Trinajstić information content (AvgIpc) is 2.30. The quantitative estimate of drug-likeness (QED) is 0.811. The van der Waals surface area contributed by atoms with Crippen molar-refractivity contribution in [2.75, 3.05) is 11.1 Å². The molecule has 0 amide bonds. The topological polar surface area (TPSA) is 50.9 Å². The van der Waals surface area contributed by atoms with E-state index in [0.717, 1.165) is 11.4 Å². The van der Waals surface area contributed by atoms with Crippen molar-refractivity contribution >= 4 is 22.4 Å². The van der Waals surface area contributed by atoms with Crippen LogP contribution in [0.4, 0.5) is 10.8 Å². The molecule has 1 aromatic heterocycles. The summed E-state index contributed by atoms with van der Waals surface area (Å²) in [5.74, 6) is 0.598. The maximum Gasteiger partial charge on any atom is 0.139 e. The van der Waals surface area contributed by atoms with E-state index >= 15 is 0 Å². The normalized spacial score (nSPS) is 14.0. The number of hydrogen-bond acceptors (Lipinski definition) is 4. The van der Waals surface area contributed by atoms with Crippen molar-refractivity contribution in [3.63, 3.8) is 0 Å². The van der Waals surface area contributed by atoms with E-state index in [1.807, 2.05) is 6.07 Å². The summed E-state index contributed by atoms with van der Waals surface area (Å²) < 4.78 is 4.02. The fourth-order valence-corrected chi connectivity index (χ4v) is 2.25. The fraction of sp³-hybridized carbons (Fsp3) is 0.700. The number of nitrogens with zero attached hydrogens (tertiary/aromatic N) is 1. The smallest absolute Gasteiger partial charge is 0.139 e. The van der Waals surface area contributed by atoms with Gasteiger partial charge in [0, 0.05) is 12.1 Å². The lowest BCUT2D eigenvalue weighted by molar-refractivity contribution is 0.358. The molecular weight excluding hydrogens is 194 g/mol. The van der Waals surface area contributed by atoms with Crippen LogP contribution in [0.1, 0.15) is 34.1 Å². The van der Waals surface area contributed by atoms with E-state index in [9.17, 15) is 0 Å². The standard InChI is InChI=1S/C10H19N3S/c1-7(6-10(2,3)4)12-9-5-8(11)13-14-9/h5,7,12H,6H2,1-4H3,(H2,11,13). The van der Waals surface area contributed by atoms with Crippen molar-refractivity contribution in [1.82, 2.24) is 4.37 Å². The predicted molar refractivity (Wildman–Crippen MR) is 63.7 cm³/mol. The fourth-order valence-electron chi connectivity index (χ4n) is 1.57. The third-order valence-electron chi connectivity index (χ3n) is 1.84. The minimum atomic E-state index is 0.350. The maximum absolute atomic E-state index is 5.54. The zero-order valence-electron chi connectivity index (χ0n) is 9.29. The number of nitrogens with two attached hydrogens (primary N) is 1. The van der Waals surface area contributed by atoms with Gasteiger partial charge in [0.25, 0.3) is 0 Å². The van der Waals surface area contributed by atoms with Crippen LogP contribution in [0, 0.1) is 5.41 Å². The molecule has 0 bridgehead atoms. The second kappa shape index (κ2) is 4.17. The lowest BCUT2D eigenvalue weighted by Crippen LogP contribution is -2.21. The highest BCUT2D eigenvalue weighted by Gasteiger charge is 2.15. The first-order chi connectivity index (χ1) is 6.37. The molecule has 80 valence electrons. The van der Waals surface area contributed by atoms with Gasteiger partial charge in [-0.25, -0.2) is 0 Å². The Bertz CT molecular complexity index is 288. The van der Waals surface area contributed by atoms with Crippen LogP contribution < -0.4 is 11.1 Å². The van der Waals surface area contributed by atoms with Crippen LogP contribution >= 0.6 is 11.5 Å². The summed E-state index contributed by atoms with van der Waals surface area (Å²) >= 11 is 1.42. The van der Waals surface area contributed by atoms with Crippen molar-refractivity contribution in [3.05, 3.63) is 6.07 Å². The van der Waals surface area contributed by atoms with E-state index in [1.54, 1.807) is 0 Å². The van der Waals surface area contributed by atoms with Crippen molar-refractivity contribution in [1.29, 1.82) is 0 Å². The molecule has 0 aliphatic carbocycles. The molecule has 14 heavy (non-hydrogen) atoms. The minimum absolute atomic E-state index is 0.350. The summed E-state index contributed by atoms with van der Waals surface area (Å²) in [4.78, 5) is 0. The minimum Gasteiger partial charge on any atom is -0.383 e. The molecule has 1 heterocycles. The molecule has 3 N–H and O–H groups in total. The maximum atomic E-state index is 5.54. The summed E-state index contributed by atoms with van der Waals surface area (Å²) in [6.45, 7) is 8.91. The van der Waals surface area contributed by atoms with E-state index in [4.69, 9.17) is 5.73 Å². The predicted octanol–water partition coefficient (Wildman–Crippen LogP) is 2.96. The second-order valence-electron chi connectivity index (χ2n) is 4.93. The van der Waals surface area contributed by atoms with Crippen LogP contribution in [0.15, 0.2) is 6.07 Å². The van der Waals surface area contributed by atoms with Crippen LogP contribution in [0.3, 0.4) is 0 Å². The summed E-state index contributed by atoms with van der Waals surface area (Å²) in [6, 6.07) is 2.33. The Morgan fingerprint density at radius 1 is 1.57 bits per heavy atom. The number of nitrogen functional groups attached to an aromatic ring is 1. The van der Waals surface area contributed by atoms with Gasteiger partial charge < -0.3 is 11.1 Å². The highest BCUT2D eigenvalue weighted by molar-refractivity contribution is 7.10. The van der Waals surface area contributed by atoms with E-state index in [1.165, 1.54) is 11.5 Å².